The number of rotatable bonds is 4. The molecule has 0 radical (unpaired) electrons. The van der Waals surface area contributed by atoms with Crippen LogP contribution in [0.25, 0.3) is 0 Å². The smallest absolute Gasteiger partial charge is 0.140 e. The Morgan fingerprint density at radius 2 is 2.41 bits per heavy atom. The van der Waals surface area contributed by atoms with Crippen molar-refractivity contribution in [3.63, 3.8) is 0 Å². The molecule has 0 aromatic carbocycles. The molecule has 0 saturated carbocycles. The molecule has 17 heavy (non-hydrogen) atoms. The van der Waals surface area contributed by atoms with E-state index < -0.39 is 0 Å². The van der Waals surface area contributed by atoms with Gasteiger partial charge in [0, 0.05) is 25.3 Å². The summed E-state index contributed by atoms with van der Waals surface area (Å²) in [6.45, 7) is 7.98. The van der Waals surface area contributed by atoms with Crippen molar-refractivity contribution < 1.29 is 0 Å². The molecule has 1 aliphatic rings. The highest BCUT2D eigenvalue weighted by molar-refractivity contribution is 9.10. The zero-order chi connectivity index (χ0) is 12.3. The molecule has 0 amide bonds. The number of hydrogen-bond acceptors (Lipinski definition) is 3. The predicted molar refractivity (Wildman–Crippen MR) is 75.2 cm³/mol. The first-order valence-electron chi connectivity index (χ1n) is 6.25. The van der Waals surface area contributed by atoms with Gasteiger partial charge in [0.05, 0.1) is 4.47 Å². The van der Waals surface area contributed by atoms with Gasteiger partial charge in [-0.2, -0.15) is 0 Å². The Labute approximate surface area is 112 Å². The normalized spacial score (nSPS) is 21.1. The second-order valence-corrected chi connectivity index (χ2v) is 5.81. The summed E-state index contributed by atoms with van der Waals surface area (Å²) >= 11 is 3.51. The Bertz CT molecular complexity index is 367. The number of hydrogen-bond donors (Lipinski definition) is 1. The van der Waals surface area contributed by atoms with Crippen LogP contribution in [0.5, 0.6) is 0 Å². The fourth-order valence-electron chi connectivity index (χ4n) is 2.26. The van der Waals surface area contributed by atoms with E-state index in [1.54, 1.807) is 0 Å². The van der Waals surface area contributed by atoms with E-state index in [1.807, 2.05) is 18.3 Å². The van der Waals surface area contributed by atoms with Gasteiger partial charge in [-0.15, -0.1) is 0 Å². The van der Waals surface area contributed by atoms with Crippen LogP contribution in [0.3, 0.4) is 0 Å². The molecule has 0 aliphatic carbocycles. The molecule has 1 aromatic heterocycles. The quantitative estimate of drug-likeness (QED) is 0.926. The van der Waals surface area contributed by atoms with Crippen molar-refractivity contribution in [1.82, 2.24) is 9.88 Å². The van der Waals surface area contributed by atoms with Crippen LogP contribution in [-0.2, 0) is 0 Å². The average molecular weight is 298 g/mol. The number of anilines is 1. The summed E-state index contributed by atoms with van der Waals surface area (Å²) < 4.78 is 1.04. The van der Waals surface area contributed by atoms with E-state index in [-0.39, 0.29) is 0 Å². The lowest BCUT2D eigenvalue weighted by Crippen LogP contribution is -2.29. The van der Waals surface area contributed by atoms with Gasteiger partial charge in [0.25, 0.3) is 0 Å². The first-order chi connectivity index (χ1) is 8.16. The summed E-state index contributed by atoms with van der Waals surface area (Å²) in [7, 11) is 0. The van der Waals surface area contributed by atoms with Crippen molar-refractivity contribution >= 4 is 21.7 Å². The number of likely N-dealkylation sites (tertiary alicyclic amines) is 1. The molecule has 1 aliphatic heterocycles. The first-order valence-corrected chi connectivity index (χ1v) is 7.04. The molecule has 1 atom stereocenters. The molecule has 1 saturated heterocycles. The lowest BCUT2D eigenvalue weighted by Gasteiger charge is -2.20. The van der Waals surface area contributed by atoms with Crippen LogP contribution in [0.15, 0.2) is 22.8 Å². The summed E-state index contributed by atoms with van der Waals surface area (Å²) in [5.74, 6) is 1.70. The van der Waals surface area contributed by atoms with Crippen molar-refractivity contribution in [3.05, 3.63) is 22.8 Å². The predicted octanol–water partition coefficient (Wildman–Crippen LogP) is 2.99. The van der Waals surface area contributed by atoms with Gasteiger partial charge in [0.1, 0.15) is 5.82 Å². The standard InChI is InChI=1S/C13H20BrN3/c1-10(2)17-7-5-11(9-17)8-16-13-12(14)4-3-6-15-13/h3-4,6,10-11H,5,7-9H2,1-2H3,(H,15,16). The molecule has 94 valence electrons. The molecule has 2 rings (SSSR count). The molecular formula is C13H20BrN3. The van der Waals surface area contributed by atoms with Crippen LogP contribution in [0, 0.1) is 5.92 Å². The second-order valence-electron chi connectivity index (χ2n) is 4.96. The first kappa shape index (κ1) is 12.8. The lowest BCUT2D eigenvalue weighted by molar-refractivity contribution is 0.266. The Hall–Kier alpha value is -0.610. The lowest BCUT2D eigenvalue weighted by atomic mass is 10.1. The minimum atomic E-state index is 0.668. The van der Waals surface area contributed by atoms with Gasteiger partial charge in [-0.05, 0) is 60.8 Å². The van der Waals surface area contributed by atoms with Crippen LogP contribution in [0.1, 0.15) is 20.3 Å². The van der Waals surface area contributed by atoms with Crippen LogP contribution in [0.4, 0.5) is 5.82 Å². The van der Waals surface area contributed by atoms with Crippen molar-refractivity contribution in [1.29, 1.82) is 0 Å². The Morgan fingerprint density at radius 1 is 1.59 bits per heavy atom. The molecule has 0 bridgehead atoms. The third kappa shape index (κ3) is 3.42. The SMILES string of the molecule is CC(C)N1CCC(CNc2ncccc2Br)C1. The molecule has 2 heterocycles. The molecular weight excluding hydrogens is 278 g/mol. The van der Waals surface area contributed by atoms with Crippen molar-refractivity contribution in [2.75, 3.05) is 25.0 Å². The second kappa shape index (κ2) is 5.83. The molecule has 1 N–H and O–H groups in total. The van der Waals surface area contributed by atoms with Crippen molar-refractivity contribution in [2.45, 2.75) is 26.3 Å². The van der Waals surface area contributed by atoms with E-state index in [1.165, 1.54) is 19.5 Å². The molecule has 1 fully saturated rings. The van der Waals surface area contributed by atoms with Gasteiger partial charge in [0.2, 0.25) is 0 Å². The summed E-state index contributed by atoms with van der Waals surface area (Å²) in [5.41, 5.74) is 0. The maximum Gasteiger partial charge on any atom is 0.140 e. The fraction of sp³-hybridized carbons (Fsp3) is 0.615. The van der Waals surface area contributed by atoms with Gasteiger partial charge >= 0.3 is 0 Å². The Morgan fingerprint density at radius 3 is 3.06 bits per heavy atom. The third-order valence-corrected chi connectivity index (χ3v) is 4.00. The summed E-state index contributed by atoms with van der Waals surface area (Å²) in [6, 6.07) is 4.62. The van der Waals surface area contributed by atoms with Crippen LogP contribution < -0.4 is 5.32 Å². The van der Waals surface area contributed by atoms with Crippen LogP contribution in [-0.4, -0.2) is 35.6 Å². The minimum Gasteiger partial charge on any atom is -0.369 e. The molecule has 4 heteroatoms. The summed E-state index contributed by atoms with van der Waals surface area (Å²) in [4.78, 5) is 6.86. The van der Waals surface area contributed by atoms with E-state index in [4.69, 9.17) is 0 Å². The van der Waals surface area contributed by atoms with Crippen molar-refractivity contribution in [3.8, 4) is 0 Å². The van der Waals surface area contributed by atoms with E-state index in [2.05, 4.69) is 45.0 Å². The fourth-order valence-corrected chi connectivity index (χ4v) is 2.65. The largest absolute Gasteiger partial charge is 0.369 e. The topological polar surface area (TPSA) is 28.2 Å². The van der Waals surface area contributed by atoms with E-state index in [0.717, 1.165) is 22.8 Å². The van der Waals surface area contributed by atoms with Crippen LogP contribution in [0.2, 0.25) is 0 Å². The van der Waals surface area contributed by atoms with Gasteiger partial charge in [-0.25, -0.2) is 4.98 Å². The zero-order valence-corrected chi connectivity index (χ0v) is 12.1. The number of pyridine rings is 1. The highest BCUT2D eigenvalue weighted by Gasteiger charge is 2.23. The highest BCUT2D eigenvalue weighted by atomic mass is 79.9. The van der Waals surface area contributed by atoms with Crippen molar-refractivity contribution in [2.24, 2.45) is 5.92 Å². The Balaban J connectivity index is 1.82. The Kier molecular flexibility index (Phi) is 4.40. The van der Waals surface area contributed by atoms with E-state index in [9.17, 15) is 0 Å². The summed E-state index contributed by atoms with van der Waals surface area (Å²) in [6.07, 6.45) is 3.11. The van der Waals surface area contributed by atoms with E-state index in [0.29, 0.717) is 6.04 Å². The van der Waals surface area contributed by atoms with Gasteiger partial charge in [-0.3, -0.25) is 0 Å². The van der Waals surface area contributed by atoms with E-state index >= 15 is 0 Å². The zero-order valence-electron chi connectivity index (χ0n) is 10.5. The number of nitrogens with zero attached hydrogens (tertiary/aromatic N) is 2. The summed E-state index contributed by atoms with van der Waals surface area (Å²) in [5, 5.41) is 3.43. The molecule has 0 spiro atoms. The maximum atomic E-state index is 4.32. The monoisotopic (exact) mass is 297 g/mol. The average Bonchev–Trinajstić information content (AvgIpc) is 2.77. The third-order valence-electron chi connectivity index (χ3n) is 3.36. The minimum absolute atomic E-state index is 0.668. The number of halogens is 1. The molecule has 1 unspecified atom stereocenters. The maximum absolute atomic E-state index is 4.32. The van der Waals surface area contributed by atoms with Crippen LogP contribution >= 0.6 is 15.9 Å². The number of nitrogens with one attached hydrogen (secondary N) is 1. The van der Waals surface area contributed by atoms with Gasteiger partial charge in [-0.1, -0.05) is 0 Å². The molecule has 1 aromatic rings. The highest BCUT2D eigenvalue weighted by Crippen LogP contribution is 2.22. The van der Waals surface area contributed by atoms with Gasteiger partial charge < -0.3 is 10.2 Å². The number of aromatic nitrogens is 1. The van der Waals surface area contributed by atoms with Gasteiger partial charge in [0.15, 0.2) is 0 Å². The molecule has 3 nitrogen and oxygen atoms in total.